The van der Waals surface area contributed by atoms with Crippen molar-refractivity contribution in [2.75, 3.05) is 18.1 Å². The minimum atomic E-state index is 0.733. The SMILES string of the molecule is NNCN1CCc2ccccc21. The van der Waals surface area contributed by atoms with Crippen molar-refractivity contribution in [2.45, 2.75) is 6.42 Å². The molecule has 0 aliphatic carbocycles. The van der Waals surface area contributed by atoms with E-state index in [1.165, 1.54) is 11.3 Å². The number of nitrogens with one attached hydrogen (secondary N) is 1. The van der Waals surface area contributed by atoms with Gasteiger partial charge in [0.2, 0.25) is 0 Å². The van der Waals surface area contributed by atoms with E-state index in [-0.39, 0.29) is 0 Å². The standard InChI is InChI=1S/C9H13N3/c10-11-7-12-6-5-8-3-1-2-4-9(8)12/h1-4,11H,5-7,10H2. The second-order valence-electron chi connectivity index (χ2n) is 3.00. The summed E-state index contributed by atoms with van der Waals surface area (Å²) in [5.74, 6) is 5.27. The Morgan fingerprint density at radius 3 is 3.08 bits per heavy atom. The molecule has 3 nitrogen and oxygen atoms in total. The zero-order valence-electron chi connectivity index (χ0n) is 6.96. The van der Waals surface area contributed by atoms with Crippen LogP contribution in [0.4, 0.5) is 5.69 Å². The van der Waals surface area contributed by atoms with Crippen molar-refractivity contribution in [1.82, 2.24) is 5.43 Å². The van der Waals surface area contributed by atoms with Gasteiger partial charge in [-0.25, -0.2) is 5.43 Å². The van der Waals surface area contributed by atoms with Crippen LogP contribution in [0.25, 0.3) is 0 Å². The van der Waals surface area contributed by atoms with Crippen molar-refractivity contribution < 1.29 is 0 Å². The van der Waals surface area contributed by atoms with Gasteiger partial charge in [0.15, 0.2) is 0 Å². The van der Waals surface area contributed by atoms with E-state index < -0.39 is 0 Å². The molecule has 1 heterocycles. The number of fused-ring (bicyclic) bond motifs is 1. The lowest BCUT2D eigenvalue weighted by Crippen LogP contribution is -2.36. The molecule has 0 spiro atoms. The van der Waals surface area contributed by atoms with Crippen LogP contribution in [-0.4, -0.2) is 13.2 Å². The number of nitrogens with zero attached hydrogens (tertiary/aromatic N) is 1. The Morgan fingerprint density at radius 1 is 1.42 bits per heavy atom. The number of benzene rings is 1. The molecule has 0 fully saturated rings. The molecule has 0 bridgehead atoms. The molecule has 64 valence electrons. The van der Waals surface area contributed by atoms with Gasteiger partial charge in [0, 0.05) is 12.2 Å². The summed E-state index contributed by atoms with van der Waals surface area (Å²) in [6, 6.07) is 8.46. The van der Waals surface area contributed by atoms with E-state index in [4.69, 9.17) is 5.84 Å². The second-order valence-corrected chi connectivity index (χ2v) is 3.00. The first kappa shape index (κ1) is 7.58. The topological polar surface area (TPSA) is 41.3 Å². The molecule has 1 aromatic rings. The third kappa shape index (κ3) is 1.17. The van der Waals surface area contributed by atoms with Crippen LogP contribution in [0.2, 0.25) is 0 Å². The predicted molar refractivity (Wildman–Crippen MR) is 49.7 cm³/mol. The van der Waals surface area contributed by atoms with Crippen molar-refractivity contribution in [3.63, 3.8) is 0 Å². The molecule has 3 N–H and O–H groups in total. The Bertz CT molecular complexity index is 270. The number of nitrogens with two attached hydrogens (primary N) is 1. The number of hydrazine groups is 1. The highest BCUT2D eigenvalue weighted by Gasteiger charge is 2.16. The molecule has 1 aliphatic rings. The van der Waals surface area contributed by atoms with Crippen LogP contribution in [0.3, 0.4) is 0 Å². The van der Waals surface area contributed by atoms with E-state index in [1.807, 2.05) is 0 Å². The predicted octanol–water partition coefficient (Wildman–Crippen LogP) is 0.470. The normalized spacial score (nSPS) is 14.9. The van der Waals surface area contributed by atoms with Gasteiger partial charge in [0.05, 0.1) is 6.67 Å². The van der Waals surface area contributed by atoms with Crippen LogP contribution >= 0.6 is 0 Å². The van der Waals surface area contributed by atoms with Gasteiger partial charge >= 0.3 is 0 Å². The van der Waals surface area contributed by atoms with Gasteiger partial charge in [-0.3, -0.25) is 5.84 Å². The Balaban J connectivity index is 2.24. The highest BCUT2D eigenvalue weighted by atomic mass is 15.3. The third-order valence-corrected chi connectivity index (χ3v) is 2.27. The second kappa shape index (κ2) is 3.13. The third-order valence-electron chi connectivity index (χ3n) is 2.27. The molecule has 12 heavy (non-hydrogen) atoms. The van der Waals surface area contributed by atoms with Crippen LogP contribution in [0.1, 0.15) is 5.56 Å². The fourth-order valence-corrected chi connectivity index (χ4v) is 1.68. The Morgan fingerprint density at radius 2 is 2.25 bits per heavy atom. The van der Waals surface area contributed by atoms with E-state index in [2.05, 4.69) is 34.6 Å². The van der Waals surface area contributed by atoms with Gasteiger partial charge in [-0.05, 0) is 18.1 Å². The largest absolute Gasteiger partial charge is 0.357 e. The summed E-state index contributed by atoms with van der Waals surface area (Å²) in [4.78, 5) is 2.25. The molecular formula is C9H13N3. The molecule has 0 saturated carbocycles. The summed E-state index contributed by atoms with van der Waals surface area (Å²) in [7, 11) is 0. The summed E-state index contributed by atoms with van der Waals surface area (Å²) in [6.07, 6.45) is 1.14. The number of para-hydroxylation sites is 1. The number of hydrogen-bond donors (Lipinski definition) is 2. The molecule has 1 aromatic carbocycles. The molecule has 0 atom stereocenters. The summed E-state index contributed by atoms with van der Waals surface area (Å²) in [6.45, 7) is 1.81. The van der Waals surface area contributed by atoms with Gasteiger partial charge in [0.1, 0.15) is 0 Å². The summed E-state index contributed by atoms with van der Waals surface area (Å²) in [5.41, 5.74) is 5.42. The molecule has 1 aliphatic heterocycles. The van der Waals surface area contributed by atoms with E-state index in [0.29, 0.717) is 0 Å². The minimum absolute atomic E-state index is 0.733. The van der Waals surface area contributed by atoms with Crippen LogP contribution in [0.5, 0.6) is 0 Å². The van der Waals surface area contributed by atoms with Crippen LogP contribution in [0, 0.1) is 0 Å². The maximum absolute atomic E-state index is 5.27. The monoisotopic (exact) mass is 163 g/mol. The van der Waals surface area contributed by atoms with Crippen molar-refractivity contribution in [1.29, 1.82) is 0 Å². The van der Waals surface area contributed by atoms with Crippen LogP contribution in [0.15, 0.2) is 24.3 Å². The number of rotatable bonds is 2. The average Bonchev–Trinajstić information content (AvgIpc) is 2.50. The molecule has 3 heteroatoms. The molecule has 0 aromatic heterocycles. The molecule has 0 saturated heterocycles. The molecular weight excluding hydrogens is 150 g/mol. The Labute approximate surface area is 72.1 Å². The first-order chi connectivity index (χ1) is 5.92. The number of anilines is 1. The van der Waals surface area contributed by atoms with E-state index in [1.54, 1.807) is 0 Å². The highest BCUT2D eigenvalue weighted by molar-refractivity contribution is 5.57. The minimum Gasteiger partial charge on any atom is -0.357 e. The van der Waals surface area contributed by atoms with Gasteiger partial charge < -0.3 is 4.90 Å². The van der Waals surface area contributed by atoms with Gasteiger partial charge in [-0.15, -0.1) is 0 Å². The lowest BCUT2D eigenvalue weighted by Gasteiger charge is -2.17. The summed E-state index contributed by atoms with van der Waals surface area (Å²) in [5, 5.41) is 0. The zero-order valence-corrected chi connectivity index (χ0v) is 6.96. The first-order valence-corrected chi connectivity index (χ1v) is 4.18. The molecule has 0 amide bonds. The summed E-state index contributed by atoms with van der Waals surface area (Å²) >= 11 is 0. The summed E-state index contributed by atoms with van der Waals surface area (Å²) < 4.78 is 0. The highest BCUT2D eigenvalue weighted by Crippen LogP contribution is 2.26. The van der Waals surface area contributed by atoms with Gasteiger partial charge in [0.25, 0.3) is 0 Å². The molecule has 2 rings (SSSR count). The van der Waals surface area contributed by atoms with E-state index >= 15 is 0 Å². The lowest BCUT2D eigenvalue weighted by molar-refractivity contribution is 0.691. The van der Waals surface area contributed by atoms with Crippen LogP contribution < -0.4 is 16.2 Å². The lowest BCUT2D eigenvalue weighted by atomic mass is 10.2. The van der Waals surface area contributed by atoms with Gasteiger partial charge in [-0.1, -0.05) is 18.2 Å². The van der Waals surface area contributed by atoms with E-state index in [9.17, 15) is 0 Å². The van der Waals surface area contributed by atoms with Crippen molar-refractivity contribution in [3.8, 4) is 0 Å². The fourth-order valence-electron chi connectivity index (χ4n) is 1.68. The maximum Gasteiger partial charge on any atom is 0.0808 e. The number of hydrogen-bond acceptors (Lipinski definition) is 3. The molecule has 0 radical (unpaired) electrons. The fraction of sp³-hybridized carbons (Fsp3) is 0.333. The average molecular weight is 163 g/mol. The smallest absolute Gasteiger partial charge is 0.0808 e. The van der Waals surface area contributed by atoms with E-state index in [0.717, 1.165) is 19.6 Å². The maximum atomic E-state index is 5.27. The quantitative estimate of drug-likeness (QED) is 0.492. The zero-order chi connectivity index (χ0) is 8.39. The van der Waals surface area contributed by atoms with Gasteiger partial charge in [-0.2, -0.15) is 0 Å². The Hall–Kier alpha value is -1.06. The Kier molecular flexibility index (Phi) is 1.98. The van der Waals surface area contributed by atoms with Crippen molar-refractivity contribution in [2.24, 2.45) is 5.84 Å². The van der Waals surface area contributed by atoms with Crippen molar-refractivity contribution in [3.05, 3.63) is 29.8 Å². The molecule has 0 unspecified atom stereocenters. The first-order valence-electron chi connectivity index (χ1n) is 4.18. The van der Waals surface area contributed by atoms with Crippen LogP contribution in [-0.2, 0) is 6.42 Å². The van der Waals surface area contributed by atoms with Crippen molar-refractivity contribution >= 4 is 5.69 Å².